The molecule has 4 rings (SSSR count). The van der Waals surface area contributed by atoms with Crippen LogP contribution in [0, 0.1) is 0 Å². The summed E-state index contributed by atoms with van der Waals surface area (Å²) in [5.74, 6) is 0.109. The minimum Gasteiger partial charge on any atom is -0.347 e. The lowest BCUT2D eigenvalue weighted by Gasteiger charge is -2.04. The Morgan fingerprint density at radius 3 is 2.62 bits per heavy atom. The molecule has 0 aliphatic rings. The van der Waals surface area contributed by atoms with Crippen molar-refractivity contribution in [2.24, 2.45) is 0 Å². The summed E-state index contributed by atoms with van der Waals surface area (Å²) in [6, 6.07) is 18.6. The van der Waals surface area contributed by atoms with Crippen molar-refractivity contribution in [2.45, 2.75) is 13.0 Å². The third-order valence-corrected chi connectivity index (χ3v) is 5.55. The number of aromatic amines is 1. The van der Waals surface area contributed by atoms with E-state index in [1.54, 1.807) is 24.3 Å². The van der Waals surface area contributed by atoms with Crippen molar-refractivity contribution in [1.29, 1.82) is 0 Å². The van der Waals surface area contributed by atoms with Crippen LogP contribution in [-0.2, 0) is 17.8 Å². The van der Waals surface area contributed by atoms with Gasteiger partial charge in [0.25, 0.3) is 5.91 Å². The summed E-state index contributed by atoms with van der Waals surface area (Å²) < 4.78 is 0. The third-order valence-electron chi connectivity index (χ3n) is 4.29. The number of nitrogens with zero attached hydrogens (tertiary/aromatic N) is 1. The summed E-state index contributed by atoms with van der Waals surface area (Å²) in [4.78, 5) is 26.0. The molecule has 0 unspecified atom stereocenters. The molecule has 0 atom stereocenters. The van der Waals surface area contributed by atoms with Crippen LogP contribution < -0.4 is 10.6 Å². The molecule has 0 radical (unpaired) electrons. The van der Waals surface area contributed by atoms with Gasteiger partial charge in [-0.15, -0.1) is 11.3 Å². The molecule has 0 fully saturated rings. The molecule has 0 saturated heterocycles. The van der Waals surface area contributed by atoms with Gasteiger partial charge in [0.1, 0.15) is 10.6 Å². The van der Waals surface area contributed by atoms with Crippen molar-refractivity contribution in [2.75, 3.05) is 5.32 Å². The molecular formula is C21H17ClN4O2S. The molecule has 4 aromatic rings. The summed E-state index contributed by atoms with van der Waals surface area (Å²) in [5.41, 5.74) is 1.84. The average Bonchev–Trinajstić information content (AvgIpc) is 3.29. The molecule has 0 aliphatic heterocycles. The Balaban J connectivity index is 1.43. The molecule has 0 saturated carbocycles. The van der Waals surface area contributed by atoms with Crippen LogP contribution in [0.5, 0.6) is 0 Å². The first kappa shape index (κ1) is 19.2. The molecule has 8 heteroatoms. The van der Waals surface area contributed by atoms with Crippen LogP contribution in [-0.4, -0.2) is 22.0 Å². The summed E-state index contributed by atoms with van der Waals surface area (Å²) >= 11 is 7.23. The lowest BCUT2D eigenvalue weighted by atomic mass is 10.1. The number of aromatic nitrogens is 2. The van der Waals surface area contributed by atoms with Gasteiger partial charge in [-0.25, -0.2) is 0 Å². The molecule has 0 aliphatic carbocycles. The zero-order valence-corrected chi connectivity index (χ0v) is 16.8. The molecule has 3 N–H and O–H groups in total. The second-order valence-electron chi connectivity index (χ2n) is 6.45. The maximum absolute atomic E-state index is 12.5. The molecule has 6 nitrogen and oxygen atoms in total. The number of thiophene rings is 1. The fourth-order valence-electron chi connectivity index (χ4n) is 2.90. The van der Waals surface area contributed by atoms with Crippen molar-refractivity contribution in [3.8, 4) is 0 Å². The van der Waals surface area contributed by atoms with E-state index in [0.29, 0.717) is 32.5 Å². The van der Waals surface area contributed by atoms with E-state index in [-0.39, 0.29) is 18.2 Å². The Morgan fingerprint density at radius 1 is 1.03 bits per heavy atom. The number of rotatable bonds is 6. The van der Waals surface area contributed by atoms with E-state index in [4.69, 9.17) is 11.6 Å². The monoisotopic (exact) mass is 424 g/mol. The number of H-pyrrole nitrogens is 1. The van der Waals surface area contributed by atoms with Crippen LogP contribution in [0.2, 0.25) is 5.02 Å². The fourth-order valence-corrected chi connectivity index (χ4v) is 4.02. The number of carbonyl (C=O) groups is 2. The number of nitrogens with one attached hydrogen (secondary N) is 3. The summed E-state index contributed by atoms with van der Waals surface area (Å²) in [7, 11) is 0. The number of fused-ring (bicyclic) bond motifs is 1. The zero-order chi connectivity index (χ0) is 20.2. The quantitative estimate of drug-likeness (QED) is 0.429. The highest BCUT2D eigenvalue weighted by Crippen LogP contribution is 2.29. The normalized spacial score (nSPS) is 10.8. The lowest BCUT2D eigenvalue weighted by molar-refractivity contribution is -0.115. The van der Waals surface area contributed by atoms with Crippen LogP contribution >= 0.6 is 22.9 Å². The Morgan fingerprint density at radius 2 is 1.83 bits per heavy atom. The predicted molar refractivity (Wildman–Crippen MR) is 115 cm³/mol. The van der Waals surface area contributed by atoms with Gasteiger partial charge in [0.05, 0.1) is 16.7 Å². The smallest absolute Gasteiger partial charge is 0.261 e. The maximum Gasteiger partial charge on any atom is 0.261 e. The van der Waals surface area contributed by atoms with Crippen molar-refractivity contribution in [1.82, 2.24) is 15.5 Å². The first-order chi connectivity index (χ1) is 14.1. The Bertz CT molecular complexity index is 1170. The number of carbonyl (C=O) groups excluding carboxylic acids is 2. The minimum atomic E-state index is -0.195. The van der Waals surface area contributed by atoms with E-state index in [1.165, 1.54) is 11.3 Å². The van der Waals surface area contributed by atoms with Gasteiger partial charge >= 0.3 is 0 Å². The summed E-state index contributed by atoms with van der Waals surface area (Å²) in [5, 5.41) is 14.0. The Kier molecular flexibility index (Phi) is 5.59. The van der Waals surface area contributed by atoms with Crippen molar-refractivity contribution in [3.63, 3.8) is 0 Å². The van der Waals surface area contributed by atoms with E-state index in [2.05, 4.69) is 20.8 Å². The van der Waals surface area contributed by atoms with Gasteiger partial charge in [0.15, 0.2) is 0 Å². The van der Waals surface area contributed by atoms with Crippen LogP contribution in [0.3, 0.4) is 0 Å². The molecule has 2 heterocycles. The second kappa shape index (κ2) is 8.46. The summed E-state index contributed by atoms with van der Waals surface area (Å²) in [6.07, 6.45) is 0.190. The lowest BCUT2D eigenvalue weighted by Crippen LogP contribution is -2.21. The molecule has 2 aromatic carbocycles. The highest BCUT2D eigenvalue weighted by Gasteiger charge is 2.16. The standard InChI is InChI=1S/C21H17ClN4O2S/c22-15-8-4-7-14(9-15)10-18(27)24-19-16-11-17(29-21(16)26-25-19)20(28)23-12-13-5-2-1-3-6-13/h1-9,11H,10,12H2,(H,23,28)(H2,24,25,26,27). The number of hydrogen-bond acceptors (Lipinski definition) is 4. The van der Waals surface area contributed by atoms with E-state index in [1.807, 2.05) is 36.4 Å². The first-order valence-corrected chi connectivity index (χ1v) is 10.1. The SMILES string of the molecule is O=C(Cc1cccc(Cl)c1)Nc1[nH]nc2sc(C(=O)NCc3ccccc3)cc12. The number of halogens is 1. The maximum atomic E-state index is 12.5. The van der Waals surface area contributed by atoms with Crippen LogP contribution in [0.15, 0.2) is 60.7 Å². The van der Waals surface area contributed by atoms with Gasteiger partial charge < -0.3 is 10.6 Å². The van der Waals surface area contributed by atoms with E-state index in [0.717, 1.165) is 11.1 Å². The van der Waals surface area contributed by atoms with E-state index >= 15 is 0 Å². The topological polar surface area (TPSA) is 86.9 Å². The highest BCUT2D eigenvalue weighted by atomic mass is 35.5. The van der Waals surface area contributed by atoms with E-state index < -0.39 is 0 Å². The zero-order valence-electron chi connectivity index (χ0n) is 15.2. The molecule has 2 amide bonds. The van der Waals surface area contributed by atoms with Crippen molar-refractivity contribution in [3.05, 3.63) is 81.7 Å². The van der Waals surface area contributed by atoms with Gasteiger partial charge in [-0.2, -0.15) is 5.10 Å². The van der Waals surface area contributed by atoms with Gasteiger partial charge in [0.2, 0.25) is 5.91 Å². The average molecular weight is 425 g/mol. The van der Waals surface area contributed by atoms with Crippen molar-refractivity contribution >= 4 is 50.8 Å². The first-order valence-electron chi connectivity index (χ1n) is 8.93. The number of hydrogen-bond donors (Lipinski definition) is 3. The van der Waals surface area contributed by atoms with E-state index in [9.17, 15) is 9.59 Å². The number of anilines is 1. The molecule has 0 bridgehead atoms. The molecule has 0 spiro atoms. The van der Waals surface area contributed by atoms with Crippen LogP contribution in [0.4, 0.5) is 5.82 Å². The third kappa shape index (κ3) is 4.64. The molecular weight excluding hydrogens is 408 g/mol. The fraction of sp³-hybridized carbons (Fsp3) is 0.0952. The summed E-state index contributed by atoms with van der Waals surface area (Å²) in [6.45, 7) is 0.449. The molecule has 146 valence electrons. The van der Waals surface area contributed by atoms with Gasteiger partial charge in [-0.05, 0) is 29.3 Å². The van der Waals surface area contributed by atoms with Crippen molar-refractivity contribution < 1.29 is 9.59 Å². The number of amides is 2. The molecule has 29 heavy (non-hydrogen) atoms. The Hall–Kier alpha value is -3.16. The largest absolute Gasteiger partial charge is 0.347 e. The predicted octanol–water partition coefficient (Wildman–Crippen LogP) is 4.39. The van der Waals surface area contributed by atoms with Gasteiger partial charge in [-0.1, -0.05) is 54.1 Å². The minimum absolute atomic E-state index is 0.173. The Labute approximate surface area is 175 Å². The van der Waals surface area contributed by atoms with Crippen LogP contribution in [0.25, 0.3) is 10.2 Å². The number of benzene rings is 2. The van der Waals surface area contributed by atoms with Gasteiger partial charge in [-0.3, -0.25) is 14.7 Å². The molecule has 2 aromatic heterocycles. The second-order valence-corrected chi connectivity index (χ2v) is 7.92. The van der Waals surface area contributed by atoms with Crippen LogP contribution in [0.1, 0.15) is 20.8 Å². The van der Waals surface area contributed by atoms with Gasteiger partial charge in [0, 0.05) is 11.6 Å². The highest BCUT2D eigenvalue weighted by molar-refractivity contribution is 7.20.